The van der Waals surface area contributed by atoms with E-state index in [4.69, 9.17) is 14.2 Å². The van der Waals surface area contributed by atoms with Crippen molar-refractivity contribution in [3.05, 3.63) is 39.3 Å². The average molecular weight is 498 g/mol. The van der Waals surface area contributed by atoms with Gasteiger partial charge in [0.1, 0.15) is 5.75 Å². The van der Waals surface area contributed by atoms with Gasteiger partial charge in [-0.05, 0) is 38.5 Å². The molecule has 2 rings (SSSR count). The summed E-state index contributed by atoms with van der Waals surface area (Å²) in [6, 6.07) is 5.57. The van der Waals surface area contributed by atoms with Crippen LogP contribution in [0.25, 0.3) is 0 Å². The molecule has 0 aliphatic heterocycles. The van der Waals surface area contributed by atoms with Gasteiger partial charge in [-0.2, -0.15) is 5.10 Å². The van der Waals surface area contributed by atoms with Crippen LogP contribution in [0.1, 0.15) is 37.9 Å². The van der Waals surface area contributed by atoms with Gasteiger partial charge in [0.15, 0.2) is 0 Å². The molecule has 30 heavy (non-hydrogen) atoms. The fourth-order valence-electron chi connectivity index (χ4n) is 2.34. The minimum atomic E-state index is -0.309. The quantitative estimate of drug-likeness (QED) is 0.203. The molecule has 1 heterocycles. The second-order valence-corrected chi connectivity index (χ2v) is 7.71. The van der Waals surface area contributed by atoms with Gasteiger partial charge < -0.3 is 14.2 Å². The van der Waals surface area contributed by atoms with E-state index in [-0.39, 0.29) is 18.4 Å². The van der Waals surface area contributed by atoms with Crippen molar-refractivity contribution in [3.8, 4) is 5.75 Å². The number of rotatable bonds is 12. The monoisotopic (exact) mass is 497 g/mol. The van der Waals surface area contributed by atoms with Gasteiger partial charge in [0.2, 0.25) is 5.13 Å². The summed E-state index contributed by atoms with van der Waals surface area (Å²) in [6.07, 6.45) is 2.63. The van der Waals surface area contributed by atoms with Crippen LogP contribution in [-0.4, -0.2) is 43.0 Å². The molecule has 0 aliphatic rings. The summed E-state index contributed by atoms with van der Waals surface area (Å²) < 4.78 is 16.5. The van der Waals surface area contributed by atoms with Gasteiger partial charge in [-0.1, -0.05) is 15.9 Å². The van der Waals surface area contributed by atoms with Crippen LogP contribution in [0.5, 0.6) is 5.75 Å². The number of halogens is 1. The predicted octanol–water partition coefficient (Wildman–Crippen LogP) is 4.18. The van der Waals surface area contributed by atoms with Gasteiger partial charge in [0.05, 0.1) is 38.1 Å². The SMILES string of the molecule is CCOC(=O)CCCOc1ccc(Br)cc1C=NNc1nc(CC(=O)OCC)cs1. The number of carbonyl (C=O) groups is 2. The van der Waals surface area contributed by atoms with Gasteiger partial charge >= 0.3 is 11.9 Å². The number of aromatic nitrogens is 1. The smallest absolute Gasteiger partial charge is 0.311 e. The lowest BCUT2D eigenvalue weighted by Crippen LogP contribution is -2.07. The van der Waals surface area contributed by atoms with Gasteiger partial charge in [0, 0.05) is 21.8 Å². The number of thiazole rings is 1. The number of benzene rings is 1. The highest BCUT2D eigenvalue weighted by Crippen LogP contribution is 2.22. The number of esters is 2. The van der Waals surface area contributed by atoms with Crippen LogP contribution < -0.4 is 10.2 Å². The van der Waals surface area contributed by atoms with Crippen LogP contribution >= 0.6 is 27.3 Å². The van der Waals surface area contributed by atoms with Crippen molar-refractivity contribution in [2.24, 2.45) is 5.10 Å². The Labute approximate surface area is 187 Å². The lowest BCUT2D eigenvalue weighted by Gasteiger charge is -2.09. The van der Waals surface area contributed by atoms with E-state index in [2.05, 4.69) is 31.4 Å². The predicted molar refractivity (Wildman–Crippen MR) is 119 cm³/mol. The first-order valence-corrected chi connectivity index (χ1v) is 11.2. The molecule has 1 N–H and O–H groups in total. The first kappa shape index (κ1) is 23.8. The largest absolute Gasteiger partial charge is 0.493 e. The van der Waals surface area contributed by atoms with Crippen molar-refractivity contribution >= 4 is 50.6 Å². The molecule has 10 heteroatoms. The van der Waals surface area contributed by atoms with Crippen molar-refractivity contribution in [2.75, 3.05) is 25.2 Å². The van der Waals surface area contributed by atoms with Crippen LogP contribution in [-0.2, 0) is 25.5 Å². The van der Waals surface area contributed by atoms with E-state index in [1.54, 1.807) is 25.4 Å². The summed E-state index contributed by atoms with van der Waals surface area (Å²) in [6.45, 7) is 4.66. The van der Waals surface area contributed by atoms with Crippen LogP contribution in [0, 0.1) is 0 Å². The summed E-state index contributed by atoms with van der Waals surface area (Å²) in [5.74, 6) is 0.111. The topological polar surface area (TPSA) is 99.1 Å². The van der Waals surface area contributed by atoms with Crippen LogP contribution in [0.4, 0.5) is 5.13 Å². The molecule has 162 valence electrons. The van der Waals surface area contributed by atoms with Crippen molar-refractivity contribution in [1.29, 1.82) is 0 Å². The summed E-state index contributed by atoms with van der Waals surface area (Å²) in [5.41, 5.74) is 4.24. The highest BCUT2D eigenvalue weighted by Gasteiger charge is 2.08. The third-order valence-electron chi connectivity index (χ3n) is 3.61. The molecule has 0 bridgehead atoms. The normalized spacial score (nSPS) is 10.8. The summed E-state index contributed by atoms with van der Waals surface area (Å²) in [4.78, 5) is 27.2. The summed E-state index contributed by atoms with van der Waals surface area (Å²) in [5, 5.41) is 6.56. The Bertz CT molecular complexity index is 872. The van der Waals surface area contributed by atoms with Gasteiger partial charge in [-0.25, -0.2) is 4.98 Å². The number of nitrogens with zero attached hydrogens (tertiary/aromatic N) is 2. The zero-order valence-corrected chi connectivity index (χ0v) is 19.3. The lowest BCUT2D eigenvalue weighted by molar-refractivity contribution is -0.143. The number of ether oxygens (including phenoxy) is 3. The Morgan fingerprint density at radius 3 is 2.77 bits per heavy atom. The molecule has 0 saturated carbocycles. The second kappa shape index (κ2) is 13.0. The average Bonchev–Trinajstić information content (AvgIpc) is 3.14. The van der Waals surface area contributed by atoms with Crippen LogP contribution in [0.15, 0.2) is 33.2 Å². The van der Waals surface area contributed by atoms with Crippen molar-refractivity contribution < 1.29 is 23.8 Å². The zero-order chi connectivity index (χ0) is 21.8. The third kappa shape index (κ3) is 8.50. The first-order valence-electron chi connectivity index (χ1n) is 9.48. The minimum Gasteiger partial charge on any atom is -0.493 e. The maximum Gasteiger partial charge on any atom is 0.311 e. The molecule has 1 aromatic heterocycles. The van der Waals surface area contributed by atoms with Crippen molar-refractivity contribution in [1.82, 2.24) is 4.98 Å². The van der Waals surface area contributed by atoms with Gasteiger partial charge in [-0.15, -0.1) is 11.3 Å². The van der Waals surface area contributed by atoms with Gasteiger partial charge in [-0.3, -0.25) is 15.0 Å². The Hall–Kier alpha value is -2.46. The fourth-order valence-corrected chi connectivity index (χ4v) is 3.38. The van der Waals surface area contributed by atoms with Crippen LogP contribution in [0.2, 0.25) is 0 Å². The molecule has 0 radical (unpaired) electrons. The van der Waals surface area contributed by atoms with E-state index in [1.807, 2.05) is 18.2 Å². The maximum atomic E-state index is 11.5. The van der Waals surface area contributed by atoms with Gasteiger partial charge in [0.25, 0.3) is 0 Å². The number of carbonyl (C=O) groups excluding carboxylic acids is 2. The molecular weight excluding hydrogens is 474 g/mol. The van der Waals surface area contributed by atoms with Crippen molar-refractivity contribution in [2.45, 2.75) is 33.1 Å². The first-order chi connectivity index (χ1) is 14.5. The Balaban J connectivity index is 1.90. The molecule has 2 aromatic rings. The summed E-state index contributed by atoms with van der Waals surface area (Å²) in [7, 11) is 0. The van der Waals surface area contributed by atoms with E-state index in [1.165, 1.54) is 11.3 Å². The molecule has 8 nitrogen and oxygen atoms in total. The highest BCUT2D eigenvalue weighted by molar-refractivity contribution is 9.10. The molecule has 1 aromatic carbocycles. The number of hydrogen-bond donors (Lipinski definition) is 1. The van der Waals surface area contributed by atoms with Crippen molar-refractivity contribution in [3.63, 3.8) is 0 Å². The molecule has 0 spiro atoms. The molecule has 0 unspecified atom stereocenters. The minimum absolute atomic E-state index is 0.130. The van der Waals surface area contributed by atoms with E-state index in [0.29, 0.717) is 49.2 Å². The number of nitrogens with one attached hydrogen (secondary N) is 1. The van der Waals surface area contributed by atoms with E-state index >= 15 is 0 Å². The lowest BCUT2D eigenvalue weighted by atomic mass is 10.2. The number of hydrazone groups is 1. The highest BCUT2D eigenvalue weighted by atomic mass is 79.9. The summed E-state index contributed by atoms with van der Waals surface area (Å²) >= 11 is 4.78. The number of hydrogen-bond acceptors (Lipinski definition) is 9. The molecule has 0 fully saturated rings. The van der Waals surface area contributed by atoms with E-state index in [0.717, 1.165) is 10.0 Å². The third-order valence-corrected chi connectivity index (χ3v) is 4.90. The zero-order valence-electron chi connectivity index (χ0n) is 16.9. The fraction of sp³-hybridized carbons (Fsp3) is 0.400. The van der Waals surface area contributed by atoms with Crippen LogP contribution in [0.3, 0.4) is 0 Å². The Morgan fingerprint density at radius 2 is 2.00 bits per heavy atom. The molecule has 0 saturated heterocycles. The second-order valence-electron chi connectivity index (χ2n) is 5.93. The molecular formula is C20H24BrN3O5S. The Morgan fingerprint density at radius 1 is 1.23 bits per heavy atom. The Kier molecular flexibility index (Phi) is 10.3. The number of anilines is 1. The molecule has 0 aliphatic carbocycles. The molecule has 0 atom stereocenters. The van der Waals surface area contributed by atoms with E-state index < -0.39 is 0 Å². The standard InChI is InChI=1S/C20H24BrN3O5S/c1-3-27-18(25)6-5-9-29-17-8-7-15(21)10-14(17)12-22-24-20-23-16(13-30-20)11-19(26)28-4-2/h7-8,10,12-13H,3-6,9,11H2,1-2H3,(H,23,24). The van der Waals surface area contributed by atoms with E-state index in [9.17, 15) is 9.59 Å². The maximum absolute atomic E-state index is 11.5. The molecule has 0 amide bonds.